The third-order valence-electron chi connectivity index (χ3n) is 3.36. The van der Waals surface area contributed by atoms with Crippen molar-refractivity contribution < 1.29 is 9.52 Å². The van der Waals surface area contributed by atoms with Gasteiger partial charge in [-0.05, 0) is 44.0 Å². The number of furan rings is 1. The summed E-state index contributed by atoms with van der Waals surface area (Å²) in [6, 6.07) is 7.63. The van der Waals surface area contributed by atoms with E-state index in [2.05, 4.69) is 15.1 Å². The van der Waals surface area contributed by atoms with Crippen molar-refractivity contribution in [2.45, 2.75) is 25.9 Å². The molecule has 1 saturated heterocycles. The van der Waals surface area contributed by atoms with Crippen LogP contribution < -0.4 is 4.90 Å². The fourth-order valence-electron chi connectivity index (χ4n) is 2.36. The summed E-state index contributed by atoms with van der Waals surface area (Å²) in [6.45, 7) is 3.46. The average molecular weight is 259 g/mol. The quantitative estimate of drug-likeness (QED) is 0.893. The predicted molar refractivity (Wildman–Crippen MR) is 71.9 cm³/mol. The first-order valence-electron chi connectivity index (χ1n) is 6.56. The predicted octanol–water partition coefficient (Wildman–Crippen LogP) is 2.01. The second-order valence-corrected chi connectivity index (χ2v) is 4.93. The first-order chi connectivity index (χ1) is 9.22. The van der Waals surface area contributed by atoms with Gasteiger partial charge in [0.05, 0.1) is 6.10 Å². The Morgan fingerprint density at radius 1 is 1.26 bits per heavy atom. The Morgan fingerprint density at radius 3 is 2.79 bits per heavy atom. The van der Waals surface area contributed by atoms with E-state index in [1.54, 1.807) is 0 Å². The normalized spacial score (nSPS) is 19.7. The number of aromatic nitrogens is 2. The molecule has 0 aromatic carbocycles. The van der Waals surface area contributed by atoms with Crippen molar-refractivity contribution in [3.05, 3.63) is 30.0 Å². The zero-order valence-electron chi connectivity index (χ0n) is 10.9. The second-order valence-electron chi connectivity index (χ2n) is 4.93. The highest BCUT2D eigenvalue weighted by Gasteiger charge is 2.19. The molecule has 3 rings (SSSR count). The Labute approximate surface area is 111 Å². The molecular weight excluding hydrogens is 242 g/mol. The molecular formula is C14H17N3O2. The standard InChI is InChI=1S/C14H17N3O2/c1-10-4-6-13(19-10)12-5-7-14(16-15-12)17-8-2-3-11(18)9-17/h4-7,11,18H,2-3,8-9H2,1H3. The highest BCUT2D eigenvalue weighted by Crippen LogP contribution is 2.22. The molecule has 0 radical (unpaired) electrons. The van der Waals surface area contributed by atoms with E-state index in [9.17, 15) is 5.11 Å². The van der Waals surface area contributed by atoms with E-state index in [0.29, 0.717) is 6.54 Å². The lowest BCUT2D eigenvalue weighted by atomic mass is 10.1. The summed E-state index contributed by atoms with van der Waals surface area (Å²) in [7, 11) is 0. The SMILES string of the molecule is Cc1ccc(-c2ccc(N3CCCC(O)C3)nn2)o1. The number of β-amino-alcohol motifs (C(OH)–C–C–N with tert-alkyl or cyclic N) is 1. The van der Waals surface area contributed by atoms with E-state index in [4.69, 9.17) is 4.42 Å². The van der Waals surface area contributed by atoms with Gasteiger partial charge < -0.3 is 14.4 Å². The minimum absolute atomic E-state index is 0.261. The van der Waals surface area contributed by atoms with Crippen LogP contribution in [0.1, 0.15) is 18.6 Å². The Balaban J connectivity index is 1.78. The van der Waals surface area contributed by atoms with Gasteiger partial charge in [0.2, 0.25) is 0 Å². The number of hydrogen-bond acceptors (Lipinski definition) is 5. The van der Waals surface area contributed by atoms with Gasteiger partial charge in [-0.2, -0.15) is 0 Å². The fraction of sp³-hybridized carbons (Fsp3) is 0.429. The minimum Gasteiger partial charge on any atom is -0.460 e. The van der Waals surface area contributed by atoms with Gasteiger partial charge in [-0.1, -0.05) is 0 Å². The summed E-state index contributed by atoms with van der Waals surface area (Å²) in [5, 5.41) is 18.1. The van der Waals surface area contributed by atoms with Crippen molar-refractivity contribution in [2.75, 3.05) is 18.0 Å². The summed E-state index contributed by atoms with van der Waals surface area (Å²) in [5.74, 6) is 2.40. The molecule has 5 heteroatoms. The molecule has 0 aliphatic carbocycles. The maximum absolute atomic E-state index is 9.67. The van der Waals surface area contributed by atoms with Crippen molar-refractivity contribution >= 4 is 5.82 Å². The van der Waals surface area contributed by atoms with Crippen LogP contribution in [0.25, 0.3) is 11.5 Å². The van der Waals surface area contributed by atoms with Crippen LogP contribution in [0, 0.1) is 6.92 Å². The maximum atomic E-state index is 9.67. The average Bonchev–Trinajstić information content (AvgIpc) is 2.86. The third-order valence-corrected chi connectivity index (χ3v) is 3.36. The van der Waals surface area contributed by atoms with Crippen LogP contribution in [0.15, 0.2) is 28.7 Å². The van der Waals surface area contributed by atoms with Gasteiger partial charge >= 0.3 is 0 Å². The van der Waals surface area contributed by atoms with Gasteiger partial charge in [0, 0.05) is 13.1 Å². The van der Waals surface area contributed by atoms with Gasteiger partial charge in [-0.15, -0.1) is 10.2 Å². The molecule has 2 aromatic heterocycles. The number of piperidine rings is 1. The Bertz CT molecular complexity index is 550. The van der Waals surface area contributed by atoms with Gasteiger partial charge in [0.25, 0.3) is 0 Å². The molecule has 2 aromatic rings. The molecule has 5 nitrogen and oxygen atoms in total. The Hall–Kier alpha value is -1.88. The molecule has 1 atom stereocenters. The molecule has 1 N–H and O–H groups in total. The zero-order valence-corrected chi connectivity index (χ0v) is 10.9. The van der Waals surface area contributed by atoms with Gasteiger partial charge in [-0.25, -0.2) is 0 Å². The van der Waals surface area contributed by atoms with E-state index in [-0.39, 0.29) is 6.10 Å². The van der Waals surface area contributed by atoms with Crippen LogP contribution in [-0.2, 0) is 0 Å². The van der Waals surface area contributed by atoms with E-state index in [1.165, 1.54) is 0 Å². The molecule has 0 bridgehead atoms. The number of aliphatic hydroxyl groups excluding tert-OH is 1. The largest absolute Gasteiger partial charge is 0.460 e. The first-order valence-corrected chi connectivity index (χ1v) is 6.56. The van der Waals surface area contributed by atoms with Crippen molar-refractivity contribution in [1.82, 2.24) is 10.2 Å². The van der Waals surface area contributed by atoms with Crippen LogP contribution in [0.2, 0.25) is 0 Å². The second kappa shape index (κ2) is 5.01. The maximum Gasteiger partial charge on any atom is 0.154 e. The summed E-state index contributed by atoms with van der Waals surface area (Å²) < 4.78 is 5.52. The molecule has 19 heavy (non-hydrogen) atoms. The molecule has 0 saturated carbocycles. The van der Waals surface area contributed by atoms with Gasteiger partial charge in [0.15, 0.2) is 11.6 Å². The molecule has 3 heterocycles. The molecule has 1 unspecified atom stereocenters. The van der Waals surface area contributed by atoms with Crippen LogP contribution in [0.3, 0.4) is 0 Å². The van der Waals surface area contributed by atoms with Crippen LogP contribution in [-0.4, -0.2) is 34.5 Å². The molecule has 0 amide bonds. The Kier molecular flexibility index (Phi) is 3.21. The third kappa shape index (κ3) is 2.61. The number of nitrogens with zero attached hydrogens (tertiary/aromatic N) is 3. The fourth-order valence-corrected chi connectivity index (χ4v) is 2.36. The Morgan fingerprint density at radius 2 is 2.16 bits per heavy atom. The van der Waals surface area contributed by atoms with E-state index < -0.39 is 0 Å². The first kappa shape index (κ1) is 12.2. The number of aliphatic hydroxyl groups is 1. The van der Waals surface area contributed by atoms with Crippen molar-refractivity contribution in [2.24, 2.45) is 0 Å². The van der Waals surface area contributed by atoms with E-state index in [1.807, 2.05) is 31.2 Å². The lowest BCUT2D eigenvalue weighted by Crippen LogP contribution is -2.38. The number of anilines is 1. The highest BCUT2D eigenvalue weighted by atomic mass is 16.3. The van der Waals surface area contributed by atoms with Gasteiger partial charge in [0.1, 0.15) is 11.5 Å². The summed E-state index contributed by atoms with van der Waals surface area (Å²) >= 11 is 0. The van der Waals surface area contributed by atoms with E-state index in [0.717, 1.165) is 42.4 Å². The number of rotatable bonds is 2. The lowest BCUT2D eigenvalue weighted by Gasteiger charge is -2.30. The van der Waals surface area contributed by atoms with Crippen molar-refractivity contribution in [3.8, 4) is 11.5 Å². The molecule has 1 aliphatic heterocycles. The highest BCUT2D eigenvalue weighted by molar-refractivity contribution is 5.53. The molecule has 1 fully saturated rings. The summed E-state index contributed by atoms with van der Waals surface area (Å²) in [5.41, 5.74) is 0.731. The molecule has 0 spiro atoms. The minimum atomic E-state index is -0.261. The summed E-state index contributed by atoms with van der Waals surface area (Å²) in [6.07, 6.45) is 1.60. The van der Waals surface area contributed by atoms with Crippen LogP contribution >= 0.6 is 0 Å². The molecule has 100 valence electrons. The van der Waals surface area contributed by atoms with Gasteiger partial charge in [-0.3, -0.25) is 0 Å². The topological polar surface area (TPSA) is 62.4 Å². The molecule has 1 aliphatic rings. The summed E-state index contributed by atoms with van der Waals surface area (Å²) in [4.78, 5) is 2.07. The zero-order chi connectivity index (χ0) is 13.2. The van der Waals surface area contributed by atoms with Crippen molar-refractivity contribution in [3.63, 3.8) is 0 Å². The monoisotopic (exact) mass is 259 g/mol. The van der Waals surface area contributed by atoms with Crippen LogP contribution in [0.5, 0.6) is 0 Å². The lowest BCUT2D eigenvalue weighted by molar-refractivity contribution is 0.154. The van der Waals surface area contributed by atoms with Crippen molar-refractivity contribution in [1.29, 1.82) is 0 Å². The number of aryl methyl sites for hydroxylation is 1. The smallest absolute Gasteiger partial charge is 0.154 e. The van der Waals surface area contributed by atoms with E-state index >= 15 is 0 Å². The number of hydrogen-bond donors (Lipinski definition) is 1. The van der Waals surface area contributed by atoms with Crippen LogP contribution in [0.4, 0.5) is 5.82 Å².